The number of likely N-dealkylation sites (tertiary alicyclic amines) is 1. The molecule has 0 aliphatic carbocycles. The highest BCUT2D eigenvalue weighted by Crippen LogP contribution is 2.30. The average molecular weight is 660 g/mol. The van der Waals surface area contributed by atoms with Gasteiger partial charge in [0.1, 0.15) is 23.1 Å². The van der Waals surface area contributed by atoms with Gasteiger partial charge < -0.3 is 19.7 Å². The van der Waals surface area contributed by atoms with E-state index >= 15 is 0 Å². The molecule has 6 rings (SSSR count). The highest BCUT2D eigenvalue weighted by atomic mass is 35.5. The molecule has 4 heterocycles. The summed E-state index contributed by atoms with van der Waals surface area (Å²) < 4.78 is 13.3. The second-order valence-electron chi connectivity index (χ2n) is 13.1. The quantitative estimate of drug-likeness (QED) is 0.231. The van der Waals surface area contributed by atoms with Crippen LogP contribution in [0.4, 0.5) is 4.79 Å². The number of fused-ring (bicyclic) bond motifs is 1. The zero-order valence-corrected chi connectivity index (χ0v) is 27.6. The maximum atomic E-state index is 13.5. The van der Waals surface area contributed by atoms with Crippen molar-refractivity contribution in [2.24, 2.45) is 7.05 Å². The topological polar surface area (TPSA) is 141 Å². The van der Waals surface area contributed by atoms with E-state index in [1.54, 1.807) is 17.8 Å². The smallest absolute Gasteiger partial charge is 0.407 e. The molecule has 0 atom stereocenters. The number of piperidine rings is 1. The van der Waals surface area contributed by atoms with E-state index in [0.29, 0.717) is 55.3 Å². The number of nitrogens with zero attached hydrogens (tertiary/aromatic N) is 6. The second kappa shape index (κ2) is 12.9. The van der Waals surface area contributed by atoms with Gasteiger partial charge in [0.15, 0.2) is 5.52 Å². The van der Waals surface area contributed by atoms with Gasteiger partial charge in [-0.1, -0.05) is 53.2 Å². The molecular formula is C34H38ClN7O5. The van der Waals surface area contributed by atoms with Crippen molar-refractivity contribution in [2.75, 3.05) is 13.1 Å². The summed E-state index contributed by atoms with van der Waals surface area (Å²) in [6, 6.07) is 15.3. The van der Waals surface area contributed by atoms with Crippen molar-refractivity contribution in [2.45, 2.75) is 64.4 Å². The first-order valence-electron chi connectivity index (χ1n) is 15.5. The molecule has 1 fully saturated rings. The summed E-state index contributed by atoms with van der Waals surface area (Å²) in [5.41, 5.74) is 3.84. The Morgan fingerprint density at radius 3 is 2.47 bits per heavy atom. The minimum atomic E-state index is -1.06. The van der Waals surface area contributed by atoms with E-state index in [9.17, 15) is 14.7 Å². The van der Waals surface area contributed by atoms with Crippen molar-refractivity contribution in [3.8, 4) is 22.5 Å². The standard InChI is InChI=1S/C34H38ClN7O5/c1-33(2,3)47-32(44)36-18-22-5-7-23(8-6-22)30-28-29(38-40(30)4)31(43)42(21-37-28)20-34(45)12-14-41(15-13-34)19-25-10-9-24(17-26(25)35)27-11-16-46-39-27/h5-11,16-17,21,45H,12-15,18-20H2,1-4H3,(H,36,44). The van der Waals surface area contributed by atoms with Gasteiger partial charge in [-0.05, 0) is 50.8 Å². The van der Waals surface area contributed by atoms with E-state index < -0.39 is 17.3 Å². The third-order valence-electron chi connectivity index (χ3n) is 8.31. The van der Waals surface area contributed by atoms with Crippen molar-refractivity contribution in [1.29, 1.82) is 0 Å². The minimum Gasteiger partial charge on any atom is -0.444 e. The van der Waals surface area contributed by atoms with Gasteiger partial charge in [0.05, 0.1) is 24.2 Å². The van der Waals surface area contributed by atoms with Crippen LogP contribution >= 0.6 is 11.6 Å². The Hall–Kier alpha value is -4.52. The monoisotopic (exact) mass is 659 g/mol. The fraction of sp³-hybridized carbons (Fsp3) is 0.382. The van der Waals surface area contributed by atoms with Crippen LogP contribution in [0.2, 0.25) is 5.02 Å². The fourth-order valence-electron chi connectivity index (χ4n) is 5.84. The molecule has 0 unspecified atom stereocenters. The second-order valence-corrected chi connectivity index (χ2v) is 13.5. The number of amides is 1. The molecule has 1 aliphatic rings. The normalized spacial score (nSPS) is 15.2. The zero-order chi connectivity index (χ0) is 33.3. The molecule has 0 radical (unpaired) electrons. The van der Waals surface area contributed by atoms with Crippen molar-refractivity contribution >= 4 is 28.7 Å². The highest BCUT2D eigenvalue weighted by molar-refractivity contribution is 6.31. The van der Waals surface area contributed by atoms with Crippen molar-refractivity contribution in [3.05, 3.63) is 87.6 Å². The van der Waals surface area contributed by atoms with E-state index in [2.05, 4.69) is 25.5 Å². The van der Waals surface area contributed by atoms with Gasteiger partial charge in [-0.2, -0.15) is 5.10 Å². The van der Waals surface area contributed by atoms with Gasteiger partial charge in [-0.3, -0.25) is 18.9 Å². The Labute approximate surface area is 276 Å². The highest BCUT2D eigenvalue weighted by Gasteiger charge is 2.33. The first-order valence-corrected chi connectivity index (χ1v) is 15.9. The minimum absolute atomic E-state index is 0.126. The van der Waals surface area contributed by atoms with Gasteiger partial charge in [0.25, 0.3) is 5.56 Å². The molecule has 12 nitrogen and oxygen atoms in total. The number of hydrogen-bond donors (Lipinski definition) is 2. The van der Waals surface area contributed by atoms with Gasteiger partial charge in [-0.25, -0.2) is 9.78 Å². The number of nitrogens with one attached hydrogen (secondary N) is 1. The van der Waals surface area contributed by atoms with Gasteiger partial charge in [-0.15, -0.1) is 0 Å². The van der Waals surface area contributed by atoms with Crippen LogP contribution < -0.4 is 10.9 Å². The third kappa shape index (κ3) is 7.40. The fourth-order valence-corrected chi connectivity index (χ4v) is 6.08. The largest absolute Gasteiger partial charge is 0.444 e. The lowest BCUT2D eigenvalue weighted by atomic mass is 9.91. The lowest BCUT2D eigenvalue weighted by Crippen LogP contribution is -2.47. The number of rotatable bonds is 8. The number of aliphatic hydroxyl groups is 1. The van der Waals surface area contributed by atoms with Gasteiger partial charge >= 0.3 is 6.09 Å². The maximum absolute atomic E-state index is 13.5. The molecule has 1 amide bonds. The molecular weight excluding hydrogens is 622 g/mol. The SMILES string of the molecule is Cn1nc2c(=O)n(CC3(O)CCN(Cc4ccc(-c5ccon5)cc4Cl)CC3)cnc2c1-c1ccc(CNC(=O)OC(C)(C)C)cc1. The summed E-state index contributed by atoms with van der Waals surface area (Å²) in [5, 5.41) is 23.4. The number of benzene rings is 2. The molecule has 13 heteroatoms. The molecule has 2 aromatic carbocycles. The first-order chi connectivity index (χ1) is 22.4. The Bertz CT molecular complexity index is 1940. The molecule has 47 heavy (non-hydrogen) atoms. The summed E-state index contributed by atoms with van der Waals surface area (Å²) in [7, 11) is 1.77. The number of alkyl carbamates (subject to hydrolysis) is 1. The van der Waals surface area contributed by atoms with Crippen molar-refractivity contribution in [1.82, 2.24) is 34.7 Å². The van der Waals surface area contributed by atoms with Gasteiger partial charge in [0, 0.05) is 55.4 Å². The Balaban J connectivity index is 1.10. The maximum Gasteiger partial charge on any atom is 0.407 e. The van der Waals surface area contributed by atoms with Crippen LogP contribution in [0.5, 0.6) is 0 Å². The summed E-state index contributed by atoms with van der Waals surface area (Å²) in [6.45, 7) is 7.84. The van der Waals surface area contributed by atoms with Crippen molar-refractivity contribution < 1.29 is 19.2 Å². The first kappa shape index (κ1) is 32.4. The molecule has 0 bridgehead atoms. The summed E-state index contributed by atoms with van der Waals surface area (Å²) >= 11 is 6.59. The summed E-state index contributed by atoms with van der Waals surface area (Å²) in [5.74, 6) is 0. The summed E-state index contributed by atoms with van der Waals surface area (Å²) in [6.07, 6.45) is 3.53. The van der Waals surface area contributed by atoms with Crippen LogP contribution in [-0.4, -0.2) is 64.9 Å². The Kier molecular flexibility index (Phi) is 8.93. The summed E-state index contributed by atoms with van der Waals surface area (Å²) in [4.78, 5) is 32.4. The number of aromatic nitrogens is 5. The van der Waals surface area contributed by atoms with Crippen LogP contribution in [0.15, 0.2) is 70.4 Å². The molecule has 246 valence electrons. The van der Waals surface area contributed by atoms with Crippen molar-refractivity contribution in [3.63, 3.8) is 0 Å². The van der Waals surface area contributed by atoms with E-state index in [4.69, 9.17) is 20.9 Å². The molecule has 2 N–H and O–H groups in total. The van der Waals surface area contributed by atoms with E-state index in [1.807, 2.05) is 63.2 Å². The molecule has 5 aromatic rings. The van der Waals surface area contributed by atoms with Crippen LogP contribution in [0.3, 0.4) is 0 Å². The predicted octanol–water partition coefficient (Wildman–Crippen LogP) is 5.16. The number of hydrogen-bond acceptors (Lipinski definition) is 9. The van der Waals surface area contributed by atoms with Crippen LogP contribution in [0.25, 0.3) is 33.5 Å². The average Bonchev–Trinajstić information content (AvgIpc) is 3.68. The Morgan fingerprint density at radius 2 is 1.81 bits per heavy atom. The lowest BCUT2D eigenvalue weighted by molar-refractivity contribution is -0.0364. The molecule has 0 spiro atoms. The van der Waals surface area contributed by atoms with Crippen LogP contribution in [0, 0.1) is 0 Å². The van der Waals surface area contributed by atoms with Crippen LogP contribution in [0.1, 0.15) is 44.7 Å². The molecule has 1 aliphatic heterocycles. The number of carbonyl (C=O) groups is 1. The molecule has 3 aromatic heterocycles. The van der Waals surface area contributed by atoms with Gasteiger partial charge in [0.2, 0.25) is 0 Å². The predicted molar refractivity (Wildman–Crippen MR) is 178 cm³/mol. The molecule has 1 saturated heterocycles. The van der Waals surface area contributed by atoms with E-state index in [-0.39, 0.29) is 17.6 Å². The van der Waals surface area contributed by atoms with E-state index in [1.165, 1.54) is 17.2 Å². The number of ether oxygens (including phenoxy) is 1. The number of halogens is 1. The number of carbonyl (C=O) groups excluding carboxylic acids is 1. The Morgan fingerprint density at radius 1 is 1.09 bits per heavy atom. The van der Waals surface area contributed by atoms with Crippen LogP contribution in [-0.2, 0) is 31.4 Å². The lowest BCUT2D eigenvalue weighted by Gasteiger charge is -2.38. The zero-order valence-electron chi connectivity index (χ0n) is 26.9. The number of aryl methyl sites for hydroxylation is 1. The third-order valence-corrected chi connectivity index (χ3v) is 8.66. The van der Waals surface area contributed by atoms with E-state index in [0.717, 1.165) is 27.9 Å². The molecule has 0 saturated carbocycles.